The van der Waals surface area contributed by atoms with Crippen LogP contribution >= 0.6 is 0 Å². The summed E-state index contributed by atoms with van der Waals surface area (Å²) in [4.78, 5) is 0. The minimum Gasteiger partial charge on any atom is -0.496 e. The molecule has 1 unspecified atom stereocenters. The van der Waals surface area contributed by atoms with Gasteiger partial charge in [-0.1, -0.05) is 179 Å². The third-order valence-corrected chi connectivity index (χ3v) is 8.51. The number of rotatable bonds is 15. The molecule has 238 valence electrons. The fraction of sp³-hybridized carbons (Fsp3) is 0.200. The van der Waals surface area contributed by atoms with E-state index in [1.165, 1.54) is 41.5 Å². The summed E-state index contributed by atoms with van der Waals surface area (Å²) in [6, 6.07) is 42.3. The summed E-state index contributed by atoms with van der Waals surface area (Å²) in [6.45, 7) is 5.22. The molecule has 0 saturated heterocycles. The summed E-state index contributed by atoms with van der Waals surface area (Å²) >= 11 is 0. The zero-order chi connectivity index (χ0) is 32.7. The Morgan fingerprint density at radius 2 is 0.979 bits per heavy atom. The zero-order valence-electron chi connectivity index (χ0n) is 27.9. The summed E-state index contributed by atoms with van der Waals surface area (Å²) in [5.74, 6) is 2.24. The molecule has 5 rings (SSSR count). The van der Waals surface area contributed by atoms with Crippen LogP contribution in [0, 0.1) is 5.92 Å². The molecule has 1 atom stereocenters. The van der Waals surface area contributed by atoms with Crippen LogP contribution in [-0.2, 0) is 0 Å². The third-order valence-electron chi connectivity index (χ3n) is 8.51. The van der Waals surface area contributed by atoms with E-state index in [0.717, 1.165) is 40.2 Å². The second-order valence-electron chi connectivity index (χ2n) is 11.9. The van der Waals surface area contributed by atoms with Crippen molar-refractivity contribution in [2.75, 3.05) is 13.7 Å². The van der Waals surface area contributed by atoms with Crippen molar-refractivity contribution in [2.45, 2.75) is 39.5 Å². The fourth-order valence-electron chi connectivity index (χ4n) is 5.53. The van der Waals surface area contributed by atoms with Crippen molar-refractivity contribution >= 4 is 36.5 Å². The van der Waals surface area contributed by atoms with Gasteiger partial charge < -0.3 is 9.47 Å². The summed E-state index contributed by atoms with van der Waals surface area (Å²) < 4.78 is 12.4. The molecule has 0 radical (unpaired) electrons. The van der Waals surface area contributed by atoms with Gasteiger partial charge in [0.15, 0.2) is 0 Å². The van der Waals surface area contributed by atoms with Crippen molar-refractivity contribution in [2.24, 2.45) is 5.92 Å². The predicted molar refractivity (Wildman–Crippen MR) is 203 cm³/mol. The van der Waals surface area contributed by atoms with Gasteiger partial charge in [0.1, 0.15) is 11.5 Å². The molecule has 0 bridgehead atoms. The van der Waals surface area contributed by atoms with E-state index in [4.69, 9.17) is 9.47 Å². The van der Waals surface area contributed by atoms with E-state index < -0.39 is 0 Å². The van der Waals surface area contributed by atoms with Gasteiger partial charge in [-0.2, -0.15) is 0 Å². The quantitative estimate of drug-likeness (QED) is 0.109. The Balaban J connectivity index is 1.33. The molecule has 0 heterocycles. The lowest BCUT2D eigenvalue weighted by Gasteiger charge is -2.18. The lowest BCUT2D eigenvalue weighted by atomic mass is 10.00. The number of methoxy groups -OCH3 is 1. The van der Waals surface area contributed by atoms with Crippen molar-refractivity contribution in [1.29, 1.82) is 0 Å². The Morgan fingerprint density at radius 1 is 0.532 bits per heavy atom. The summed E-state index contributed by atoms with van der Waals surface area (Å²) in [5, 5.41) is 0. The molecule has 0 aromatic heterocycles. The van der Waals surface area contributed by atoms with Gasteiger partial charge in [0.05, 0.1) is 13.7 Å². The van der Waals surface area contributed by atoms with Crippen molar-refractivity contribution in [1.82, 2.24) is 0 Å². The van der Waals surface area contributed by atoms with Crippen LogP contribution in [0.2, 0.25) is 0 Å². The van der Waals surface area contributed by atoms with Gasteiger partial charge in [0.2, 0.25) is 0 Å². The van der Waals surface area contributed by atoms with E-state index in [9.17, 15) is 0 Å². The first-order chi connectivity index (χ1) is 23.1. The maximum Gasteiger partial charge on any atom is 0.127 e. The molecule has 0 aliphatic rings. The second-order valence-corrected chi connectivity index (χ2v) is 11.9. The Kier molecular flexibility index (Phi) is 12.4. The molecule has 0 spiro atoms. The monoisotopic (exact) mass is 618 g/mol. The molecular weight excluding hydrogens is 572 g/mol. The average molecular weight is 619 g/mol. The maximum atomic E-state index is 6.53. The van der Waals surface area contributed by atoms with Crippen molar-refractivity contribution in [3.05, 3.63) is 155 Å². The summed E-state index contributed by atoms with van der Waals surface area (Å²) in [6.07, 6.45) is 17.5. The molecular formula is C45H46O2. The smallest absolute Gasteiger partial charge is 0.127 e. The van der Waals surface area contributed by atoms with Gasteiger partial charge in [-0.25, -0.2) is 0 Å². The molecule has 2 heteroatoms. The second kappa shape index (κ2) is 17.6. The highest BCUT2D eigenvalue weighted by Crippen LogP contribution is 2.33. The van der Waals surface area contributed by atoms with Gasteiger partial charge in [-0.05, 0) is 57.9 Å². The van der Waals surface area contributed by atoms with Crippen LogP contribution in [0.1, 0.15) is 72.9 Å². The van der Waals surface area contributed by atoms with E-state index in [1.54, 1.807) is 7.11 Å². The van der Waals surface area contributed by atoms with E-state index in [-0.39, 0.29) is 0 Å². The van der Waals surface area contributed by atoms with Crippen LogP contribution in [0.5, 0.6) is 11.5 Å². The number of unbranched alkanes of at least 4 members (excludes halogenated alkanes) is 1. The maximum absolute atomic E-state index is 6.53. The minimum absolute atomic E-state index is 0.544. The lowest BCUT2D eigenvalue weighted by molar-refractivity contribution is 0.232. The van der Waals surface area contributed by atoms with Gasteiger partial charge in [-0.15, -0.1) is 0 Å². The average Bonchev–Trinajstić information content (AvgIpc) is 3.14. The molecule has 0 amide bonds. The standard InChI is InChI=1S/C45H46O2/c1-4-6-13-35(5-2)34-47-45-33-42(44(46-3)32-43(45)31-24-37-16-11-8-12-17-37)30-25-39-22-28-41(29-23-39)40-26-20-38(21-27-40)19-18-36-14-9-7-10-15-36/h7-12,14-33,35H,4-6,13,34H2,1-3H3/b19-18+,30-25+,31-24+. The number of benzene rings is 5. The Hall–Kier alpha value is -5.08. The molecule has 5 aromatic rings. The molecule has 2 nitrogen and oxygen atoms in total. The lowest BCUT2D eigenvalue weighted by Crippen LogP contribution is -2.12. The minimum atomic E-state index is 0.544. The first kappa shape index (κ1) is 33.3. The number of ether oxygens (including phenoxy) is 2. The van der Waals surface area contributed by atoms with Crippen LogP contribution in [0.15, 0.2) is 121 Å². The fourth-order valence-corrected chi connectivity index (χ4v) is 5.53. The van der Waals surface area contributed by atoms with Crippen LogP contribution in [0.25, 0.3) is 47.6 Å². The number of hydrogen-bond acceptors (Lipinski definition) is 2. The van der Waals surface area contributed by atoms with E-state index in [0.29, 0.717) is 12.5 Å². The van der Waals surface area contributed by atoms with Crippen LogP contribution < -0.4 is 9.47 Å². The molecule has 0 saturated carbocycles. The topological polar surface area (TPSA) is 18.5 Å². The predicted octanol–water partition coefficient (Wildman–Crippen LogP) is 12.5. The van der Waals surface area contributed by atoms with Gasteiger partial charge in [0, 0.05) is 11.1 Å². The Morgan fingerprint density at radius 3 is 1.45 bits per heavy atom. The van der Waals surface area contributed by atoms with Crippen LogP contribution in [0.3, 0.4) is 0 Å². The Bertz CT molecular complexity index is 1750. The van der Waals surface area contributed by atoms with Crippen molar-refractivity contribution < 1.29 is 9.47 Å². The molecule has 5 aromatic carbocycles. The Labute approximate surface area is 281 Å². The highest BCUT2D eigenvalue weighted by molar-refractivity contribution is 5.79. The molecule has 47 heavy (non-hydrogen) atoms. The van der Waals surface area contributed by atoms with Crippen LogP contribution in [-0.4, -0.2) is 13.7 Å². The molecule has 0 aliphatic carbocycles. The SMILES string of the molecule is CCCCC(CC)COc1cc(/C=C/c2ccc(-c3ccc(/C=C/c4ccccc4)cc3)cc2)c(OC)cc1/C=C/c1ccccc1. The van der Waals surface area contributed by atoms with Gasteiger partial charge >= 0.3 is 0 Å². The molecule has 0 aliphatic heterocycles. The highest BCUT2D eigenvalue weighted by Gasteiger charge is 2.12. The van der Waals surface area contributed by atoms with E-state index in [1.807, 2.05) is 12.1 Å². The van der Waals surface area contributed by atoms with Gasteiger partial charge in [0.25, 0.3) is 0 Å². The highest BCUT2D eigenvalue weighted by atomic mass is 16.5. The van der Waals surface area contributed by atoms with Crippen LogP contribution in [0.4, 0.5) is 0 Å². The largest absolute Gasteiger partial charge is 0.496 e. The normalized spacial score (nSPS) is 12.2. The van der Waals surface area contributed by atoms with E-state index >= 15 is 0 Å². The van der Waals surface area contributed by atoms with Gasteiger partial charge in [-0.3, -0.25) is 0 Å². The third kappa shape index (κ3) is 9.95. The first-order valence-electron chi connectivity index (χ1n) is 16.8. The summed E-state index contributed by atoms with van der Waals surface area (Å²) in [7, 11) is 1.73. The molecule has 0 fully saturated rings. The summed E-state index contributed by atoms with van der Waals surface area (Å²) in [5.41, 5.74) is 9.05. The van der Waals surface area contributed by atoms with Crippen molar-refractivity contribution in [3.63, 3.8) is 0 Å². The van der Waals surface area contributed by atoms with Crippen molar-refractivity contribution in [3.8, 4) is 22.6 Å². The van der Waals surface area contributed by atoms with E-state index in [2.05, 4.69) is 159 Å². The molecule has 0 N–H and O–H groups in total. The number of hydrogen-bond donors (Lipinski definition) is 0. The zero-order valence-corrected chi connectivity index (χ0v) is 27.9. The first-order valence-corrected chi connectivity index (χ1v) is 16.8.